The first-order chi connectivity index (χ1) is 7.56. The molecule has 2 rings (SSSR count). The summed E-state index contributed by atoms with van der Waals surface area (Å²) < 4.78 is 0. The fourth-order valence-electron chi connectivity index (χ4n) is 1.32. The fraction of sp³-hybridized carbons (Fsp3) is 0. The smallest absolute Gasteiger partial charge is 0.0890 e. The minimum Gasteiger partial charge on any atom is -0.253 e. The molecule has 2 aromatic rings. The lowest BCUT2D eigenvalue weighted by molar-refractivity contribution is 1.33. The molecule has 5 heteroatoms. The third-order valence-electron chi connectivity index (χ3n) is 1.94. The lowest BCUT2D eigenvalue weighted by Gasteiger charge is -2.05. The van der Waals surface area contributed by atoms with Gasteiger partial charge in [-0.25, -0.2) is 0 Å². The molecule has 0 radical (unpaired) electrons. The fourth-order valence-corrected chi connectivity index (χ4v) is 2.33. The highest BCUT2D eigenvalue weighted by atomic mass is 35.5. The molecule has 0 aliphatic carbocycles. The lowest BCUT2D eigenvalue weighted by Crippen LogP contribution is -1.85. The van der Waals surface area contributed by atoms with Crippen molar-refractivity contribution in [3.63, 3.8) is 0 Å². The Hall–Kier alpha value is -0.470. The van der Waals surface area contributed by atoms with Crippen molar-refractivity contribution in [3.8, 4) is 11.3 Å². The molecule has 0 amide bonds. The Balaban J connectivity index is 2.58. The van der Waals surface area contributed by atoms with Gasteiger partial charge in [0, 0.05) is 21.8 Å². The second kappa shape index (κ2) is 4.80. The molecule has 0 unspecified atom stereocenters. The summed E-state index contributed by atoms with van der Waals surface area (Å²) in [5, 5.41) is 2.03. The van der Waals surface area contributed by atoms with E-state index in [0.29, 0.717) is 25.8 Å². The van der Waals surface area contributed by atoms with Crippen molar-refractivity contribution in [1.82, 2.24) is 4.98 Å². The summed E-state index contributed by atoms with van der Waals surface area (Å²) in [7, 11) is 0. The summed E-state index contributed by atoms with van der Waals surface area (Å²) in [6.45, 7) is 0. The van der Waals surface area contributed by atoms with Crippen molar-refractivity contribution < 1.29 is 0 Å². The van der Waals surface area contributed by atoms with Crippen LogP contribution in [0.1, 0.15) is 0 Å². The predicted octanol–water partition coefficient (Wildman–Crippen LogP) is 5.36. The topological polar surface area (TPSA) is 12.9 Å². The van der Waals surface area contributed by atoms with Crippen LogP contribution in [0.2, 0.25) is 20.1 Å². The highest BCUT2D eigenvalue weighted by Crippen LogP contribution is 2.31. The molecule has 1 heterocycles. The van der Waals surface area contributed by atoms with E-state index in [0.717, 1.165) is 5.56 Å². The molecule has 0 saturated heterocycles. The predicted molar refractivity (Wildman–Crippen MR) is 69.7 cm³/mol. The molecule has 1 aromatic heterocycles. The van der Waals surface area contributed by atoms with Crippen LogP contribution in [0.15, 0.2) is 30.5 Å². The summed E-state index contributed by atoms with van der Waals surface area (Å²) in [5.41, 5.74) is 1.37. The zero-order chi connectivity index (χ0) is 11.7. The summed E-state index contributed by atoms with van der Waals surface area (Å²) in [4.78, 5) is 4.15. The average Bonchev–Trinajstić information content (AvgIpc) is 2.15. The number of pyridine rings is 1. The van der Waals surface area contributed by atoms with Crippen LogP contribution in [-0.2, 0) is 0 Å². The molecule has 0 fully saturated rings. The molecule has 0 saturated carbocycles. The summed E-state index contributed by atoms with van der Waals surface area (Å²) in [6, 6.07) is 6.77. The number of benzene rings is 1. The number of nitrogens with zero attached hydrogens (tertiary/aromatic N) is 1. The van der Waals surface area contributed by atoms with Crippen LogP contribution in [0.5, 0.6) is 0 Å². The van der Waals surface area contributed by atoms with Crippen LogP contribution < -0.4 is 0 Å². The van der Waals surface area contributed by atoms with Crippen LogP contribution in [0, 0.1) is 0 Å². The van der Waals surface area contributed by atoms with Gasteiger partial charge in [0.25, 0.3) is 0 Å². The minimum atomic E-state index is 0.464. The number of hydrogen-bond donors (Lipinski definition) is 0. The van der Waals surface area contributed by atoms with Gasteiger partial charge in [0.2, 0.25) is 0 Å². The Morgan fingerprint density at radius 1 is 0.750 bits per heavy atom. The maximum atomic E-state index is 6.04. The first-order valence-electron chi connectivity index (χ1n) is 4.34. The second-order valence-electron chi connectivity index (χ2n) is 3.14. The van der Waals surface area contributed by atoms with E-state index in [2.05, 4.69) is 4.98 Å². The molecule has 16 heavy (non-hydrogen) atoms. The van der Waals surface area contributed by atoms with Crippen LogP contribution in [0.4, 0.5) is 0 Å². The Labute approximate surface area is 113 Å². The van der Waals surface area contributed by atoms with Gasteiger partial charge in [-0.05, 0) is 24.3 Å². The van der Waals surface area contributed by atoms with Gasteiger partial charge in [-0.1, -0.05) is 46.4 Å². The first kappa shape index (κ1) is 12.0. The molecule has 0 aliphatic heterocycles. The van der Waals surface area contributed by atoms with Gasteiger partial charge in [-0.15, -0.1) is 0 Å². The van der Waals surface area contributed by atoms with Gasteiger partial charge in [0.05, 0.1) is 15.7 Å². The molecular formula is C11H5Cl4N. The largest absolute Gasteiger partial charge is 0.253 e. The van der Waals surface area contributed by atoms with Crippen molar-refractivity contribution >= 4 is 46.4 Å². The number of halogens is 4. The van der Waals surface area contributed by atoms with Crippen LogP contribution >= 0.6 is 46.4 Å². The second-order valence-corrected chi connectivity index (χ2v) is 4.86. The molecule has 1 nitrogen and oxygen atoms in total. The summed E-state index contributed by atoms with van der Waals surface area (Å²) in [6.07, 6.45) is 1.53. The van der Waals surface area contributed by atoms with E-state index >= 15 is 0 Å². The molecule has 1 aromatic carbocycles. The van der Waals surface area contributed by atoms with Crippen molar-refractivity contribution in [2.24, 2.45) is 0 Å². The molecular weight excluding hydrogens is 288 g/mol. The van der Waals surface area contributed by atoms with E-state index in [9.17, 15) is 0 Å². The quantitative estimate of drug-likeness (QED) is 0.689. The van der Waals surface area contributed by atoms with Crippen LogP contribution in [-0.4, -0.2) is 4.98 Å². The molecule has 0 aliphatic rings. The number of aromatic nitrogens is 1. The van der Waals surface area contributed by atoms with E-state index in [1.807, 2.05) is 0 Å². The zero-order valence-electron chi connectivity index (χ0n) is 7.85. The number of hydrogen-bond acceptors (Lipinski definition) is 1. The Morgan fingerprint density at radius 2 is 1.38 bits per heavy atom. The van der Waals surface area contributed by atoms with E-state index < -0.39 is 0 Å². The van der Waals surface area contributed by atoms with Gasteiger partial charge >= 0.3 is 0 Å². The molecule has 0 atom stereocenters. The van der Waals surface area contributed by atoms with Crippen molar-refractivity contribution in [3.05, 3.63) is 50.6 Å². The van der Waals surface area contributed by atoms with Gasteiger partial charge in [-0.2, -0.15) is 0 Å². The maximum Gasteiger partial charge on any atom is 0.0890 e. The van der Waals surface area contributed by atoms with Gasteiger partial charge in [0.1, 0.15) is 0 Å². The lowest BCUT2D eigenvalue weighted by atomic mass is 10.1. The van der Waals surface area contributed by atoms with Crippen molar-refractivity contribution in [2.45, 2.75) is 0 Å². The highest BCUT2D eigenvalue weighted by molar-refractivity contribution is 6.37. The van der Waals surface area contributed by atoms with Gasteiger partial charge < -0.3 is 0 Å². The molecule has 0 bridgehead atoms. The zero-order valence-corrected chi connectivity index (χ0v) is 10.9. The van der Waals surface area contributed by atoms with E-state index in [4.69, 9.17) is 46.4 Å². The van der Waals surface area contributed by atoms with E-state index in [-0.39, 0.29) is 0 Å². The highest BCUT2D eigenvalue weighted by Gasteiger charge is 2.07. The first-order valence-corrected chi connectivity index (χ1v) is 5.85. The average molecular weight is 293 g/mol. The molecule has 0 spiro atoms. The SMILES string of the molecule is Clc1cc(Cl)cc(-c2ncc(Cl)cc2Cl)c1. The van der Waals surface area contributed by atoms with Crippen molar-refractivity contribution in [1.29, 1.82) is 0 Å². The maximum absolute atomic E-state index is 6.04. The third kappa shape index (κ3) is 2.61. The van der Waals surface area contributed by atoms with E-state index in [1.165, 1.54) is 6.20 Å². The van der Waals surface area contributed by atoms with E-state index in [1.54, 1.807) is 24.3 Å². The van der Waals surface area contributed by atoms with Crippen LogP contribution in [0.25, 0.3) is 11.3 Å². The van der Waals surface area contributed by atoms with Crippen LogP contribution in [0.3, 0.4) is 0 Å². The van der Waals surface area contributed by atoms with Gasteiger partial charge in [-0.3, -0.25) is 4.98 Å². The standard InChI is InChI=1S/C11H5Cl4N/c12-7-1-6(2-8(13)3-7)11-10(15)4-9(14)5-16-11/h1-5H. The third-order valence-corrected chi connectivity index (χ3v) is 2.88. The summed E-state index contributed by atoms with van der Waals surface area (Å²) >= 11 is 23.6. The minimum absolute atomic E-state index is 0.464. The Bertz CT molecular complexity index is 519. The molecule has 0 N–H and O–H groups in total. The number of rotatable bonds is 1. The summed E-state index contributed by atoms with van der Waals surface area (Å²) in [5.74, 6) is 0. The Kier molecular flexibility index (Phi) is 3.60. The Morgan fingerprint density at radius 3 is 1.94 bits per heavy atom. The normalized spacial score (nSPS) is 10.5. The van der Waals surface area contributed by atoms with Crippen molar-refractivity contribution in [2.75, 3.05) is 0 Å². The monoisotopic (exact) mass is 291 g/mol. The molecule has 82 valence electrons. The van der Waals surface area contributed by atoms with Gasteiger partial charge in [0.15, 0.2) is 0 Å².